The number of alkyl carbamates (subject to hydrolysis) is 1. The summed E-state index contributed by atoms with van der Waals surface area (Å²) in [5, 5.41) is 2.70. The summed E-state index contributed by atoms with van der Waals surface area (Å²) in [5.74, 6) is 3.10. The van der Waals surface area contributed by atoms with Gasteiger partial charge in [0.05, 0.1) is 0 Å². The molecule has 1 amide bonds. The van der Waals surface area contributed by atoms with Crippen LogP contribution < -0.4 is 10.1 Å². The number of rotatable bonds is 6. The number of ether oxygens (including phenoxy) is 2. The molecule has 0 radical (unpaired) electrons. The van der Waals surface area contributed by atoms with Crippen LogP contribution in [-0.2, 0) is 17.9 Å². The van der Waals surface area contributed by atoms with Crippen molar-refractivity contribution >= 4 is 6.09 Å². The molecule has 0 aromatic heterocycles. The summed E-state index contributed by atoms with van der Waals surface area (Å²) in [7, 11) is 0. The highest BCUT2D eigenvalue weighted by Gasteiger charge is 2.03. The number of terminal acetylenes is 1. The third-order valence-electron chi connectivity index (χ3n) is 2.90. The van der Waals surface area contributed by atoms with Crippen LogP contribution in [0.2, 0.25) is 0 Å². The smallest absolute Gasteiger partial charge is 0.407 e. The second-order valence-corrected chi connectivity index (χ2v) is 4.55. The van der Waals surface area contributed by atoms with Gasteiger partial charge in [-0.25, -0.2) is 4.79 Å². The number of hydrogen-bond donors (Lipinski definition) is 1. The minimum absolute atomic E-state index is 0.239. The molecule has 0 atom stereocenters. The minimum atomic E-state index is -0.448. The van der Waals surface area contributed by atoms with Crippen LogP contribution in [0.3, 0.4) is 0 Å². The largest absolute Gasteiger partial charge is 0.481 e. The Morgan fingerprint density at radius 1 is 1.05 bits per heavy atom. The number of carbonyl (C=O) groups excluding carboxylic acids is 1. The van der Waals surface area contributed by atoms with Crippen LogP contribution in [0.25, 0.3) is 0 Å². The first-order valence-corrected chi connectivity index (χ1v) is 6.87. The summed E-state index contributed by atoms with van der Waals surface area (Å²) < 4.78 is 10.4. The first-order valence-electron chi connectivity index (χ1n) is 6.87. The number of carbonyl (C=O) groups is 1. The quantitative estimate of drug-likeness (QED) is 0.833. The van der Waals surface area contributed by atoms with Gasteiger partial charge in [0.15, 0.2) is 0 Å². The Morgan fingerprint density at radius 3 is 2.45 bits per heavy atom. The molecule has 0 aliphatic heterocycles. The molecule has 0 fully saturated rings. The first kappa shape index (κ1) is 15.5. The molecular formula is C18H17NO3. The van der Waals surface area contributed by atoms with Crippen LogP contribution in [0, 0.1) is 12.3 Å². The van der Waals surface area contributed by atoms with Crippen molar-refractivity contribution in [3.8, 4) is 18.1 Å². The zero-order valence-corrected chi connectivity index (χ0v) is 12.1. The van der Waals surface area contributed by atoms with Gasteiger partial charge in [-0.15, -0.1) is 6.42 Å². The molecule has 4 heteroatoms. The molecule has 0 saturated heterocycles. The summed E-state index contributed by atoms with van der Waals surface area (Å²) in [5.41, 5.74) is 1.90. The maximum absolute atomic E-state index is 11.6. The lowest BCUT2D eigenvalue weighted by molar-refractivity contribution is 0.139. The van der Waals surface area contributed by atoms with Crippen molar-refractivity contribution in [3.63, 3.8) is 0 Å². The maximum atomic E-state index is 11.6. The van der Waals surface area contributed by atoms with E-state index in [2.05, 4.69) is 11.2 Å². The molecule has 0 unspecified atom stereocenters. The van der Waals surface area contributed by atoms with Crippen molar-refractivity contribution in [3.05, 3.63) is 65.7 Å². The van der Waals surface area contributed by atoms with Crippen LogP contribution in [0.1, 0.15) is 11.1 Å². The number of amides is 1. The summed E-state index contributed by atoms with van der Waals surface area (Å²) >= 11 is 0. The molecule has 2 rings (SSSR count). The van der Waals surface area contributed by atoms with Crippen molar-refractivity contribution < 1.29 is 14.3 Å². The second kappa shape index (κ2) is 8.38. The van der Waals surface area contributed by atoms with Crippen molar-refractivity contribution in [2.45, 2.75) is 13.2 Å². The molecule has 0 heterocycles. The molecule has 1 N–H and O–H groups in total. The van der Waals surface area contributed by atoms with E-state index in [1.807, 2.05) is 54.6 Å². The molecule has 0 spiro atoms. The van der Waals surface area contributed by atoms with E-state index in [1.54, 1.807) is 0 Å². The van der Waals surface area contributed by atoms with Crippen molar-refractivity contribution in [2.24, 2.45) is 0 Å². The van der Waals surface area contributed by atoms with E-state index in [4.69, 9.17) is 15.9 Å². The Hall–Kier alpha value is -2.93. The van der Waals surface area contributed by atoms with E-state index in [0.29, 0.717) is 12.3 Å². The lowest BCUT2D eigenvalue weighted by atomic mass is 10.2. The Kier molecular flexibility index (Phi) is 5.89. The normalized spacial score (nSPS) is 9.59. The summed E-state index contributed by atoms with van der Waals surface area (Å²) in [6, 6.07) is 16.9. The molecule has 2 aromatic carbocycles. The Labute approximate surface area is 130 Å². The zero-order valence-electron chi connectivity index (χ0n) is 12.1. The van der Waals surface area contributed by atoms with E-state index in [9.17, 15) is 4.79 Å². The molecule has 112 valence electrons. The Bertz CT molecular complexity index is 630. The summed E-state index contributed by atoms with van der Waals surface area (Å²) in [4.78, 5) is 11.6. The van der Waals surface area contributed by atoms with Gasteiger partial charge in [-0.1, -0.05) is 48.4 Å². The maximum Gasteiger partial charge on any atom is 0.407 e. The van der Waals surface area contributed by atoms with E-state index in [0.717, 1.165) is 11.1 Å². The highest BCUT2D eigenvalue weighted by atomic mass is 16.5. The van der Waals surface area contributed by atoms with Crippen molar-refractivity contribution in [2.75, 3.05) is 6.61 Å². The third-order valence-corrected chi connectivity index (χ3v) is 2.90. The number of benzene rings is 2. The van der Waals surface area contributed by atoms with Gasteiger partial charge < -0.3 is 14.8 Å². The summed E-state index contributed by atoms with van der Waals surface area (Å²) in [6.45, 7) is 0.887. The monoisotopic (exact) mass is 295 g/mol. The average molecular weight is 295 g/mol. The second-order valence-electron chi connectivity index (χ2n) is 4.55. The van der Waals surface area contributed by atoms with Crippen molar-refractivity contribution in [1.82, 2.24) is 5.32 Å². The van der Waals surface area contributed by atoms with Gasteiger partial charge in [-0.2, -0.15) is 0 Å². The predicted octanol–water partition coefficient (Wildman–Crippen LogP) is 3.13. The molecule has 0 bridgehead atoms. The third kappa shape index (κ3) is 5.22. The fourth-order valence-electron chi connectivity index (χ4n) is 1.78. The topological polar surface area (TPSA) is 47.6 Å². The van der Waals surface area contributed by atoms with Gasteiger partial charge in [0.2, 0.25) is 0 Å². The van der Waals surface area contributed by atoms with Gasteiger partial charge in [0, 0.05) is 6.54 Å². The SMILES string of the molecule is C#CCOc1ccc(CNC(=O)OCc2ccccc2)cc1. The average Bonchev–Trinajstić information content (AvgIpc) is 2.58. The standard InChI is InChI=1S/C18H17NO3/c1-2-12-21-17-10-8-15(9-11-17)13-19-18(20)22-14-16-6-4-3-5-7-16/h1,3-11H,12-14H2,(H,19,20). The molecule has 0 aliphatic carbocycles. The van der Waals surface area contributed by atoms with E-state index < -0.39 is 6.09 Å². The summed E-state index contributed by atoms with van der Waals surface area (Å²) in [6.07, 6.45) is 4.67. The lowest BCUT2D eigenvalue weighted by Gasteiger charge is -2.08. The van der Waals surface area contributed by atoms with Crippen molar-refractivity contribution in [1.29, 1.82) is 0 Å². The Morgan fingerprint density at radius 2 is 1.77 bits per heavy atom. The van der Waals surface area contributed by atoms with Gasteiger partial charge in [-0.05, 0) is 23.3 Å². The van der Waals surface area contributed by atoms with Gasteiger partial charge in [-0.3, -0.25) is 0 Å². The van der Waals surface area contributed by atoms with Crippen LogP contribution in [0.4, 0.5) is 4.79 Å². The predicted molar refractivity (Wildman–Crippen MR) is 84.2 cm³/mol. The lowest BCUT2D eigenvalue weighted by Crippen LogP contribution is -2.23. The first-order chi connectivity index (χ1) is 10.8. The fourth-order valence-corrected chi connectivity index (χ4v) is 1.78. The van der Waals surface area contributed by atoms with Crippen LogP contribution in [-0.4, -0.2) is 12.7 Å². The molecule has 0 saturated carbocycles. The zero-order chi connectivity index (χ0) is 15.6. The van der Waals surface area contributed by atoms with Gasteiger partial charge in [0.1, 0.15) is 19.0 Å². The van der Waals surface area contributed by atoms with Gasteiger partial charge in [0.25, 0.3) is 0 Å². The van der Waals surface area contributed by atoms with Gasteiger partial charge >= 0.3 is 6.09 Å². The molecule has 22 heavy (non-hydrogen) atoms. The van der Waals surface area contributed by atoms with E-state index in [-0.39, 0.29) is 13.2 Å². The van der Waals surface area contributed by atoms with Crippen LogP contribution >= 0.6 is 0 Å². The molecule has 0 aliphatic rings. The highest BCUT2D eigenvalue weighted by molar-refractivity contribution is 5.67. The highest BCUT2D eigenvalue weighted by Crippen LogP contribution is 2.11. The van der Waals surface area contributed by atoms with Crippen LogP contribution in [0.5, 0.6) is 5.75 Å². The molecular weight excluding hydrogens is 278 g/mol. The molecule has 2 aromatic rings. The number of hydrogen-bond acceptors (Lipinski definition) is 3. The van der Waals surface area contributed by atoms with Crippen LogP contribution in [0.15, 0.2) is 54.6 Å². The number of nitrogens with one attached hydrogen (secondary N) is 1. The fraction of sp³-hybridized carbons (Fsp3) is 0.167. The Balaban J connectivity index is 1.73. The minimum Gasteiger partial charge on any atom is -0.481 e. The molecule has 4 nitrogen and oxygen atoms in total. The van der Waals surface area contributed by atoms with E-state index in [1.165, 1.54) is 0 Å². The van der Waals surface area contributed by atoms with E-state index >= 15 is 0 Å².